The summed E-state index contributed by atoms with van der Waals surface area (Å²) in [5.74, 6) is -7.05. The van der Waals surface area contributed by atoms with Gasteiger partial charge in [0.15, 0.2) is 12.2 Å². The summed E-state index contributed by atoms with van der Waals surface area (Å²) < 4.78 is 4.06. The third kappa shape index (κ3) is 4.76. The molecule has 0 aromatic rings. The second kappa shape index (κ2) is 6.51. The Kier molecular flexibility index (Phi) is 5.72. The Morgan fingerprint density at radius 3 is 1.72 bits per heavy atom. The zero-order valence-electron chi connectivity index (χ0n) is 8.72. The molecular formula is C8H10O10. The molecule has 0 radical (unpaired) electrons. The van der Waals surface area contributed by atoms with Crippen molar-refractivity contribution < 1.29 is 49.4 Å². The molecule has 10 nitrogen and oxygen atoms in total. The predicted octanol–water partition coefficient (Wildman–Crippen LogP) is -2.74. The molecule has 10 heteroatoms. The van der Waals surface area contributed by atoms with Gasteiger partial charge in [0, 0.05) is 0 Å². The number of rotatable bonds is 7. The summed E-state index contributed by atoms with van der Waals surface area (Å²) in [6.45, 7) is 0. The first-order valence-corrected chi connectivity index (χ1v) is 4.40. The summed E-state index contributed by atoms with van der Waals surface area (Å²) in [6.07, 6.45) is -8.18. The summed E-state index contributed by atoms with van der Waals surface area (Å²) in [4.78, 5) is 42.0. The highest BCUT2D eigenvalue weighted by Crippen LogP contribution is 2.05. The Morgan fingerprint density at radius 2 is 1.39 bits per heavy atom. The Labute approximate surface area is 99.0 Å². The van der Waals surface area contributed by atoms with Crippen LogP contribution in [0.4, 0.5) is 0 Å². The molecule has 0 saturated heterocycles. The highest BCUT2D eigenvalue weighted by Gasteiger charge is 2.35. The summed E-state index contributed by atoms with van der Waals surface area (Å²) >= 11 is 0. The van der Waals surface area contributed by atoms with Gasteiger partial charge in [0.05, 0.1) is 6.42 Å². The largest absolute Gasteiger partial charge is 0.481 e. The molecule has 3 atom stereocenters. The number of aliphatic carboxylic acids is 3. The normalized spacial score (nSPS) is 15.2. The number of hydrogen-bond acceptors (Lipinski definition) is 7. The molecule has 0 aliphatic heterocycles. The lowest BCUT2D eigenvalue weighted by atomic mass is 10.2. The molecule has 0 aliphatic rings. The first-order valence-electron chi connectivity index (χ1n) is 4.40. The third-order valence-electron chi connectivity index (χ3n) is 1.69. The maximum absolute atomic E-state index is 11.0. The van der Waals surface area contributed by atoms with Crippen LogP contribution >= 0.6 is 0 Å². The van der Waals surface area contributed by atoms with E-state index in [4.69, 9.17) is 25.5 Å². The van der Waals surface area contributed by atoms with E-state index in [1.54, 1.807) is 0 Å². The van der Waals surface area contributed by atoms with Gasteiger partial charge in [0.2, 0.25) is 6.10 Å². The van der Waals surface area contributed by atoms with Crippen LogP contribution in [0.15, 0.2) is 0 Å². The molecule has 0 aliphatic carbocycles. The fourth-order valence-electron chi connectivity index (χ4n) is 0.812. The third-order valence-corrected chi connectivity index (χ3v) is 1.69. The lowest BCUT2D eigenvalue weighted by Crippen LogP contribution is -2.43. The average Bonchev–Trinajstić information content (AvgIpc) is 2.24. The molecule has 0 heterocycles. The van der Waals surface area contributed by atoms with E-state index in [1.807, 2.05) is 0 Å². The van der Waals surface area contributed by atoms with Gasteiger partial charge in [-0.2, -0.15) is 0 Å². The minimum Gasteiger partial charge on any atom is -0.481 e. The summed E-state index contributed by atoms with van der Waals surface area (Å²) in [7, 11) is 0. The van der Waals surface area contributed by atoms with Crippen molar-refractivity contribution in [3.63, 3.8) is 0 Å². The number of carbonyl (C=O) groups excluding carboxylic acids is 1. The minimum atomic E-state index is -2.52. The topological polar surface area (TPSA) is 179 Å². The van der Waals surface area contributed by atoms with Crippen molar-refractivity contribution in [1.29, 1.82) is 0 Å². The molecule has 0 rings (SSSR count). The molecule has 1 unspecified atom stereocenters. The van der Waals surface area contributed by atoms with E-state index in [9.17, 15) is 19.2 Å². The fourth-order valence-corrected chi connectivity index (χ4v) is 0.812. The van der Waals surface area contributed by atoms with Gasteiger partial charge in [0.25, 0.3) is 0 Å². The number of aliphatic hydroxyl groups excluding tert-OH is 2. The summed E-state index contributed by atoms with van der Waals surface area (Å²) in [6, 6.07) is 0. The van der Waals surface area contributed by atoms with E-state index in [0.717, 1.165) is 0 Å². The molecule has 0 amide bonds. The lowest BCUT2D eigenvalue weighted by Gasteiger charge is -2.16. The van der Waals surface area contributed by atoms with Gasteiger partial charge in [-0.05, 0) is 0 Å². The molecule has 0 spiro atoms. The van der Waals surface area contributed by atoms with Gasteiger partial charge in [-0.25, -0.2) is 14.4 Å². The van der Waals surface area contributed by atoms with Crippen LogP contribution in [0.5, 0.6) is 0 Å². The zero-order chi connectivity index (χ0) is 14.5. The van der Waals surface area contributed by atoms with E-state index in [1.165, 1.54) is 0 Å². The monoisotopic (exact) mass is 266 g/mol. The molecule has 0 aromatic carbocycles. The number of ether oxygens (including phenoxy) is 1. The number of carbonyl (C=O) groups is 4. The Bertz CT molecular complexity index is 361. The number of carboxylic acids is 3. The van der Waals surface area contributed by atoms with E-state index in [-0.39, 0.29) is 0 Å². The molecule has 5 N–H and O–H groups in total. The van der Waals surface area contributed by atoms with Crippen molar-refractivity contribution in [2.24, 2.45) is 0 Å². The van der Waals surface area contributed by atoms with Gasteiger partial charge in [-0.1, -0.05) is 0 Å². The molecule has 18 heavy (non-hydrogen) atoms. The zero-order valence-corrected chi connectivity index (χ0v) is 8.72. The second-order valence-corrected chi connectivity index (χ2v) is 3.09. The van der Waals surface area contributed by atoms with Crippen molar-refractivity contribution in [2.45, 2.75) is 24.7 Å². The molecule has 0 bridgehead atoms. The van der Waals surface area contributed by atoms with Crippen LogP contribution in [0.2, 0.25) is 0 Å². The van der Waals surface area contributed by atoms with Crippen LogP contribution in [0.3, 0.4) is 0 Å². The maximum Gasteiger partial charge on any atom is 0.345 e. The summed E-state index contributed by atoms with van der Waals surface area (Å²) in [5, 5.41) is 42.8. The SMILES string of the molecule is O=C(O)CC(OC(=O)[C@H](O)[C@@H](O)C(=O)O)C(=O)O. The maximum atomic E-state index is 11.0. The lowest BCUT2D eigenvalue weighted by molar-refractivity contribution is -0.180. The molecule has 0 fully saturated rings. The molecule has 0 aromatic heterocycles. The smallest absolute Gasteiger partial charge is 0.345 e. The number of hydrogen-bond donors (Lipinski definition) is 5. The fraction of sp³-hybridized carbons (Fsp3) is 0.500. The highest BCUT2D eigenvalue weighted by molar-refractivity contribution is 5.87. The van der Waals surface area contributed by atoms with E-state index < -0.39 is 48.6 Å². The van der Waals surface area contributed by atoms with Crippen molar-refractivity contribution in [2.75, 3.05) is 0 Å². The first kappa shape index (κ1) is 15.8. The average molecular weight is 266 g/mol. The number of esters is 1. The van der Waals surface area contributed by atoms with E-state index >= 15 is 0 Å². The van der Waals surface area contributed by atoms with Crippen LogP contribution in [0.1, 0.15) is 6.42 Å². The Balaban J connectivity index is 4.64. The number of aliphatic hydroxyl groups is 2. The highest BCUT2D eigenvalue weighted by atomic mass is 16.6. The quantitative estimate of drug-likeness (QED) is 0.303. The molecule has 102 valence electrons. The van der Waals surface area contributed by atoms with Crippen LogP contribution in [0, 0.1) is 0 Å². The van der Waals surface area contributed by atoms with Crippen LogP contribution < -0.4 is 0 Å². The van der Waals surface area contributed by atoms with E-state index in [0.29, 0.717) is 0 Å². The van der Waals surface area contributed by atoms with Gasteiger partial charge in [-0.15, -0.1) is 0 Å². The van der Waals surface area contributed by atoms with Gasteiger partial charge in [0.1, 0.15) is 0 Å². The second-order valence-electron chi connectivity index (χ2n) is 3.09. The van der Waals surface area contributed by atoms with Gasteiger partial charge < -0.3 is 30.3 Å². The number of carboxylic acid groups (broad SMARTS) is 3. The van der Waals surface area contributed by atoms with Crippen LogP contribution in [0.25, 0.3) is 0 Å². The van der Waals surface area contributed by atoms with Gasteiger partial charge >= 0.3 is 23.9 Å². The van der Waals surface area contributed by atoms with Crippen molar-refractivity contribution in [1.82, 2.24) is 0 Å². The van der Waals surface area contributed by atoms with Crippen molar-refractivity contribution in [3.05, 3.63) is 0 Å². The van der Waals surface area contributed by atoms with Crippen LogP contribution in [-0.4, -0.2) is 67.7 Å². The van der Waals surface area contributed by atoms with Crippen molar-refractivity contribution >= 4 is 23.9 Å². The van der Waals surface area contributed by atoms with Crippen LogP contribution in [-0.2, 0) is 23.9 Å². The van der Waals surface area contributed by atoms with Gasteiger partial charge in [-0.3, -0.25) is 4.79 Å². The molecular weight excluding hydrogens is 256 g/mol. The predicted molar refractivity (Wildman–Crippen MR) is 49.4 cm³/mol. The Hall–Kier alpha value is -2.20. The Morgan fingerprint density at radius 1 is 0.889 bits per heavy atom. The standard InChI is InChI=1S/C8H10O10/c9-3(10)1-2(6(13)14)18-8(17)5(12)4(11)7(15)16/h2,4-5,11-12H,1H2,(H,9,10)(H,13,14)(H,15,16)/t2?,4-,5-/m1/s1. The minimum absolute atomic E-state index is 1.07. The first-order chi connectivity index (χ1) is 8.16. The summed E-state index contributed by atoms with van der Waals surface area (Å²) in [5.41, 5.74) is 0. The van der Waals surface area contributed by atoms with E-state index in [2.05, 4.69) is 4.74 Å². The molecule has 0 saturated carbocycles. The van der Waals surface area contributed by atoms with Crippen molar-refractivity contribution in [3.8, 4) is 0 Å².